The van der Waals surface area contributed by atoms with Crippen LogP contribution in [0.3, 0.4) is 0 Å². The third-order valence-corrected chi connectivity index (χ3v) is 3.80. The first kappa shape index (κ1) is 15.2. The van der Waals surface area contributed by atoms with E-state index in [2.05, 4.69) is 44.2 Å². The molecule has 0 aliphatic heterocycles. The van der Waals surface area contributed by atoms with E-state index in [-0.39, 0.29) is 0 Å². The van der Waals surface area contributed by atoms with Gasteiger partial charge in [0.05, 0.1) is 5.69 Å². The topological polar surface area (TPSA) is 29.9 Å². The molecule has 104 valence electrons. The van der Waals surface area contributed by atoms with E-state index in [0.717, 1.165) is 24.6 Å². The molecule has 1 rings (SSSR count). The van der Waals surface area contributed by atoms with Gasteiger partial charge in [0.25, 0.3) is 0 Å². The zero-order chi connectivity index (χ0) is 13.5. The minimum absolute atomic E-state index is 0.578. The first-order valence-electron chi connectivity index (χ1n) is 7.35. The van der Waals surface area contributed by atoms with Gasteiger partial charge < -0.3 is 5.32 Å². The maximum absolute atomic E-state index is 4.44. The smallest absolute Gasteiger partial charge is 0.0596 e. The molecule has 3 nitrogen and oxygen atoms in total. The van der Waals surface area contributed by atoms with Crippen molar-refractivity contribution in [2.45, 2.75) is 59.4 Å². The Morgan fingerprint density at radius 2 is 1.94 bits per heavy atom. The van der Waals surface area contributed by atoms with Crippen molar-refractivity contribution in [3.8, 4) is 0 Å². The van der Waals surface area contributed by atoms with Gasteiger partial charge in [-0.1, -0.05) is 33.6 Å². The summed E-state index contributed by atoms with van der Waals surface area (Å²) in [6, 6.07) is 2.79. The lowest BCUT2D eigenvalue weighted by Gasteiger charge is -2.26. The Kier molecular flexibility index (Phi) is 6.41. The van der Waals surface area contributed by atoms with Gasteiger partial charge in [-0.3, -0.25) is 4.68 Å². The highest BCUT2D eigenvalue weighted by molar-refractivity contribution is 5.10. The molecule has 1 aromatic rings. The quantitative estimate of drug-likeness (QED) is 0.769. The molecular formula is C15H29N3. The van der Waals surface area contributed by atoms with E-state index in [4.69, 9.17) is 0 Å². The van der Waals surface area contributed by atoms with Crippen LogP contribution in [0.4, 0.5) is 0 Å². The Morgan fingerprint density at radius 1 is 1.28 bits per heavy atom. The second-order valence-corrected chi connectivity index (χ2v) is 5.24. The van der Waals surface area contributed by atoms with Gasteiger partial charge in [-0.05, 0) is 31.9 Å². The normalized spacial score (nSPS) is 13.2. The summed E-state index contributed by atoms with van der Waals surface area (Å²) in [7, 11) is 2.05. The molecule has 1 N–H and O–H groups in total. The molecule has 0 spiro atoms. The summed E-state index contributed by atoms with van der Waals surface area (Å²) in [5.74, 6) is 0.756. The summed E-state index contributed by atoms with van der Waals surface area (Å²) < 4.78 is 2.03. The van der Waals surface area contributed by atoms with Crippen molar-refractivity contribution in [2.24, 2.45) is 13.0 Å². The van der Waals surface area contributed by atoms with Crippen LogP contribution in [0, 0.1) is 12.8 Å². The Bertz CT molecular complexity index is 340. The highest BCUT2D eigenvalue weighted by Crippen LogP contribution is 2.18. The average Bonchev–Trinajstić information content (AvgIpc) is 2.66. The number of hydrogen-bond acceptors (Lipinski definition) is 2. The van der Waals surface area contributed by atoms with E-state index in [1.54, 1.807) is 0 Å². The van der Waals surface area contributed by atoms with Crippen molar-refractivity contribution in [2.75, 3.05) is 6.54 Å². The van der Waals surface area contributed by atoms with Crippen molar-refractivity contribution >= 4 is 0 Å². The number of rotatable bonds is 8. The third kappa shape index (κ3) is 4.13. The Hall–Kier alpha value is -0.830. The van der Waals surface area contributed by atoms with Gasteiger partial charge in [0, 0.05) is 25.2 Å². The second kappa shape index (κ2) is 7.57. The van der Waals surface area contributed by atoms with Crippen LogP contribution in [0.1, 0.15) is 51.4 Å². The molecule has 1 atom stereocenters. The molecule has 0 fully saturated rings. The van der Waals surface area contributed by atoms with Crippen LogP contribution < -0.4 is 5.32 Å². The van der Waals surface area contributed by atoms with Gasteiger partial charge in [0.2, 0.25) is 0 Å². The molecule has 1 aromatic heterocycles. The molecule has 0 bridgehead atoms. The highest BCUT2D eigenvalue weighted by atomic mass is 15.3. The average molecular weight is 251 g/mol. The first-order chi connectivity index (χ1) is 8.62. The van der Waals surface area contributed by atoms with Crippen LogP contribution in [0.15, 0.2) is 6.07 Å². The Labute approximate surface area is 112 Å². The summed E-state index contributed by atoms with van der Waals surface area (Å²) in [6.45, 7) is 9.99. The van der Waals surface area contributed by atoms with Crippen LogP contribution >= 0.6 is 0 Å². The van der Waals surface area contributed by atoms with Crippen molar-refractivity contribution in [3.63, 3.8) is 0 Å². The molecule has 0 aromatic carbocycles. The van der Waals surface area contributed by atoms with Crippen LogP contribution in [-0.2, 0) is 13.5 Å². The SMILES string of the molecule is CCCNC(Cc1cc(C)nn1C)C(CC)CC. The van der Waals surface area contributed by atoms with Crippen molar-refractivity contribution in [1.82, 2.24) is 15.1 Å². The van der Waals surface area contributed by atoms with E-state index in [9.17, 15) is 0 Å². The lowest BCUT2D eigenvalue weighted by molar-refractivity contribution is 0.327. The van der Waals surface area contributed by atoms with Crippen LogP contribution in [0.5, 0.6) is 0 Å². The molecule has 18 heavy (non-hydrogen) atoms. The molecule has 1 unspecified atom stereocenters. The summed E-state index contributed by atoms with van der Waals surface area (Å²) >= 11 is 0. The largest absolute Gasteiger partial charge is 0.313 e. The highest BCUT2D eigenvalue weighted by Gasteiger charge is 2.19. The van der Waals surface area contributed by atoms with E-state index in [0.29, 0.717) is 6.04 Å². The molecule has 0 radical (unpaired) electrons. The first-order valence-corrected chi connectivity index (χ1v) is 7.35. The fourth-order valence-corrected chi connectivity index (χ4v) is 2.67. The van der Waals surface area contributed by atoms with Crippen molar-refractivity contribution in [1.29, 1.82) is 0 Å². The number of nitrogens with one attached hydrogen (secondary N) is 1. The van der Waals surface area contributed by atoms with Gasteiger partial charge in [-0.15, -0.1) is 0 Å². The van der Waals surface area contributed by atoms with Gasteiger partial charge >= 0.3 is 0 Å². The predicted molar refractivity (Wildman–Crippen MR) is 77.8 cm³/mol. The molecule has 0 aliphatic rings. The lowest BCUT2D eigenvalue weighted by atomic mass is 9.90. The Balaban J connectivity index is 2.73. The number of hydrogen-bond donors (Lipinski definition) is 1. The van der Waals surface area contributed by atoms with Crippen LogP contribution in [-0.4, -0.2) is 22.4 Å². The third-order valence-electron chi connectivity index (χ3n) is 3.80. The summed E-state index contributed by atoms with van der Waals surface area (Å²) in [5.41, 5.74) is 2.46. The van der Waals surface area contributed by atoms with E-state index >= 15 is 0 Å². The molecule has 0 aliphatic carbocycles. The zero-order valence-electron chi connectivity index (χ0n) is 12.7. The molecule has 0 amide bonds. The minimum Gasteiger partial charge on any atom is -0.313 e. The monoisotopic (exact) mass is 251 g/mol. The summed E-state index contributed by atoms with van der Waals surface area (Å²) in [4.78, 5) is 0. The van der Waals surface area contributed by atoms with Crippen molar-refractivity contribution in [3.05, 3.63) is 17.5 Å². The molecule has 1 heterocycles. The van der Waals surface area contributed by atoms with E-state index < -0.39 is 0 Å². The molecule has 3 heteroatoms. The second-order valence-electron chi connectivity index (χ2n) is 5.24. The zero-order valence-corrected chi connectivity index (χ0v) is 12.7. The maximum Gasteiger partial charge on any atom is 0.0596 e. The van der Waals surface area contributed by atoms with Gasteiger partial charge in [0.1, 0.15) is 0 Å². The van der Waals surface area contributed by atoms with Gasteiger partial charge in [-0.2, -0.15) is 5.10 Å². The van der Waals surface area contributed by atoms with Crippen LogP contribution in [0.25, 0.3) is 0 Å². The maximum atomic E-state index is 4.44. The number of aromatic nitrogens is 2. The fraction of sp³-hybridized carbons (Fsp3) is 0.800. The van der Waals surface area contributed by atoms with Gasteiger partial charge in [0.15, 0.2) is 0 Å². The summed E-state index contributed by atoms with van der Waals surface area (Å²) in [6.07, 6.45) is 4.77. The molecule has 0 saturated heterocycles. The fourth-order valence-electron chi connectivity index (χ4n) is 2.67. The molecule has 0 saturated carbocycles. The Morgan fingerprint density at radius 3 is 2.39 bits per heavy atom. The standard InChI is InChI=1S/C15H29N3/c1-6-9-16-15(13(7-2)8-3)11-14-10-12(4)17-18(14)5/h10,13,15-16H,6-9,11H2,1-5H3. The number of nitrogens with zero attached hydrogens (tertiary/aromatic N) is 2. The summed E-state index contributed by atoms with van der Waals surface area (Å²) in [5, 5.41) is 8.16. The number of aryl methyl sites for hydroxylation is 2. The van der Waals surface area contributed by atoms with Crippen LogP contribution in [0.2, 0.25) is 0 Å². The minimum atomic E-state index is 0.578. The van der Waals surface area contributed by atoms with E-state index in [1.165, 1.54) is 25.0 Å². The lowest BCUT2D eigenvalue weighted by Crippen LogP contribution is -2.38. The predicted octanol–water partition coefficient (Wildman–Crippen LogP) is 3.08. The van der Waals surface area contributed by atoms with E-state index in [1.807, 2.05) is 11.7 Å². The van der Waals surface area contributed by atoms with Crippen molar-refractivity contribution < 1.29 is 0 Å². The molecular weight excluding hydrogens is 222 g/mol. The van der Waals surface area contributed by atoms with Gasteiger partial charge in [-0.25, -0.2) is 0 Å².